The van der Waals surface area contributed by atoms with Gasteiger partial charge < -0.3 is 5.11 Å². The number of hydrogen-bond donors (Lipinski definition) is 1. The molecular formula is C20H20ClNO2S. The Balaban J connectivity index is 1.96. The van der Waals surface area contributed by atoms with E-state index in [4.69, 9.17) is 11.6 Å². The molecule has 0 aliphatic rings. The van der Waals surface area contributed by atoms with Gasteiger partial charge in [0.25, 0.3) is 0 Å². The molecular weight excluding hydrogens is 354 g/mol. The van der Waals surface area contributed by atoms with E-state index in [1.807, 2.05) is 51.1 Å². The first-order valence-electron chi connectivity index (χ1n) is 8.12. The van der Waals surface area contributed by atoms with Crippen LogP contribution >= 0.6 is 22.9 Å². The monoisotopic (exact) mass is 373 g/mol. The Morgan fingerprint density at radius 2 is 1.96 bits per heavy atom. The van der Waals surface area contributed by atoms with E-state index in [0.29, 0.717) is 12.0 Å². The molecule has 130 valence electrons. The number of halogens is 1. The van der Waals surface area contributed by atoms with Crippen molar-refractivity contribution in [1.29, 1.82) is 0 Å². The topological polar surface area (TPSA) is 50.2 Å². The van der Waals surface area contributed by atoms with Gasteiger partial charge in [0, 0.05) is 24.0 Å². The minimum atomic E-state index is -0.0822. The number of Topliss-reactive ketones (excluding diaryl/α,β-unsaturated/α-hetero) is 1. The summed E-state index contributed by atoms with van der Waals surface area (Å²) in [6, 6.07) is 11.4. The van der Waals surface area contributed by atoms with E-state index < -0.39 is 0 Å². The molecule has 5 heteroatoms. The number of para-hydroxylation sites is 1. The average molecular weight is 374 g/mol. The van der Waals surface area contributed by atoms with E-state index in [1.165, 1.54) is 0 Å². The van der Waals surface area contributed by atoms with Crippen molar-refractivity contribution in [1.82, 2.24) is 4.98 Å². The second-order valence-corrected chi connectivity index (χ2v) is 8.84. The maximum atomic E-state index is 12.3. The normalized spacial score (nSPS) is 11.8. The first kappa shape index (κ1) is 17.9. The van der Waals surface area contributed by atoms with Gasteiger partial charge in [0.1, 0.15) is 16.5 Å². The van der Waals surface area contributed by atoms with Crippen molar-refractivity contribution >= 4 is 38.9 Å². The van der Waals surface area contributed by atoms with E-state index >= 15 is 0 Å². The van der Waals surface area contributed by atoms with Gasteiger partial charge in [-0.15, -0.1) is 11.3 Å². The van der Waals surface area contributed by atoms with Gasteiger partial charge in [-0.3, -0.25) is 4.79 Å². The van der Waals surface area contributed by atoms with Crippen molar-refractivity contribution in [2.75, 3.05) is 0 Å². The number of aromatic hydroxyl groups is 1. The van der Waals surface area contributed by atoms with Crippen LogP contribution in [-0.2, 0) is 11.2 Å². The quantitative estimate of drug-likeness (QED) is 0.622. The molecule has 2 aromatic carbocycles. The number of thiazole rings is 1. The predicted molar refractivity (Wildman–Crippen MR) is 105 cm³/mol. The van der Waals surface area contributed by atoms with Gasteiger partial charge in [-0.2, -0.15) is 0 Å². The molecule has 0 unspecified atom stereocenters. The molecule has 1 N–H and O–H groups in total. The molecule has 0 aliphatic carbocycles. The molecule has 3 rings (SSSR count). The molecule has 0 spiro atoms. The zero-order chi connectivity index (χ0) is 18.2. The van der Waals surface area contributed by atoms with Crippen molar-refractivity contribution in [2.24, 2.45) is 5.41 Å². The number of hydrogen-bond acceptors (Lipinski definition) is 4. The van der Waals surface area contributed by atoms with Crippen LogP contribution in [0, 0.1) is 5.41 Å². The third-order valence-corrected chi connectivity index (χ3v) is 5.17. The van der Waals surface area contributed by atoms with Gasteiger partial charge in [0.05, 0.1) is 15.2 Å². The molecule has 0 amide bonds. The van der Waals surface area contributed by atoms with Gasteiger partial charge in [-0.1, -0.05) is 44.5 Å². The van der Waals surface area contributed by atoms with Crippen molar-refractivity contribution in [3.63, 3.8) is 0 Å². The van der Waals surface area contributed by atoms with Gasteiger partial charge in [0.15, 0.2) is 0 Å². The summed E-state index contributed by atoms with van der Waals surface area (Å²) in [4.78, 5) is 16.9. The lowest BCUT2D eigenvalue weighted by Crippen LogP contribution is -2.14. The Hall–Kier alpha value is -1.91. The lowest BCUT2D eigenvalue weighted by molar-refractivity contribution is -0.120. The van der Waals surface area contributed by atoms with Crippen LogP contribution in [0.15, 0.2) is 36.4 Å². The number of benzene rings is 2. The molecule has 25 heavy (non-hydrogen) atoms. The molecule has 0 bridgehead atoms. The average Bonchev–Trinajstić information content (AvgIpc) is 2.93. The fourth-order valence-corrected chi connectivity index (χ4v) is 3.97. The molecule has 1 heterocycles. The van der Waals surface area contributed by atoms with Gasteiger partial charge in [-0.05, 0) is 29.7 Å². The highest BCUT2D eigenvalue weighted by Gasteiger charge is 2.19. The fraction of sp³-hybridized carbons (Fsp3) is 0.300. The third-order valence-electron chi connectivity index (χ3n) is 3.80. The Morgan fingerprint density at radius 1 is 1.24 bits per heavy atom. The summed E-state index contributed by atoms with van der Waals surface area (Å²) in [5, 5.41) is 11.3. The minimum absolute atomic E-state index is 0.0196. The molecule has 3 aromatic rings. The fourth-order valence-electron chi connectivity index (χ4n) is 2.78. The Morgan fingerprint density at radius 3 is 2.64 bits per heavy atom. The van der Waals surface area contributed by atoms with Gasteiger partial charge in [0.2, 0.25) is 0 Å². The molecule has 0 atom stereocenters. The summed E-state index contributed by atoms with van der Waals surface area (Å²) in [6.07, 6.45) is 0.622. The molecule has 0 saturated heterocycles. The minimum Gasteiger partial charge on any atom is -0.506 e. The Bertz CT molecular complexity index is 908. The first-order valence-corrected chi connectivity index (χ1v) is 9.31. The summed E-state index contributed by atoms with van der Waals surface area (Å²) >= 11 is 7.77. The number of carbonyl (C=O) groups is 1. The standard InChI is InChI=1S/C20H20ClNO2S/c1-20(2,3)11-14(23)9-12-8-13(10-15(21)18(12)24)19-22-16-6-4-5-7-17(16)25-19/h4-8,10,24H,9,11H2,1-3H3. The number of aromatic nitrogens is 1. The molecule has 3 nitrogen and oxygen atoms in total. The maximum Gasteiger partial charge on any atom is 0.137 e. The largest absolute Gasteiger partial charge is 0.506 e. The van der Waals surface area contributed by atoms with Gasteiger partial charge in [-0.25, -0.2) is 4.98 Å². The van der Waals surface area contributed by atoms with Crippen LogP contribution in [0.2, 0.25) is 5.02 Å². The van der Waals surface area contributed by atoms with Crippen LogP contribution in [0.25, 0.3) is 20.8 Å². The number of phenols is 1. The maximum absolute atomic E-state index is 12.3. The van der Waals surface area contributed by atoms with Crippen molar-refractivity contribution in [3.8, 4) is 16.3 Å². The zero-order valence-corrected chi connectivity index (χ0v) is 16.0. The molecule has 0 fully saturated rings. The number of carbonyl (C=O) groups excluding carboxylic acids is 1. The van der Waals surface area contributed by atoms with Crippen LogP contribution in [0.1, 0.15) is 32.8 Å². The number of phenolic OH excluding ortho intramolecular Hbond substituents is 1. The predicted octanol–water partition coefficient (Wildman–Crippen LogP) is 5.87. The van der Waals surface area contributed by atoms with Crippen LogP contribution in [0.4, 0.5) is 0 Å². The Labute approximate surface area is 156 Å². The van der Waals surface area contributed by atoms with E-state index in [0.717, 1.165) is 20.8 Å². The second-order valence-electron chi connectivity index (χ2n) is 7.41. The van der Waals surface area contributed by atoms with Crippen LogP contribution in [-0.4, -0.2) is 15.9 Å². The summed E-state index contributed by atoms with van der Waals surface area (Å²) in [7, 11) is 0. The third kappa shape index (κ3) is 4.20. The van der Waals surface area contributed by atoms with Crippen LogP contribution < -0.4 is 0 Å². The van der Waals surface area contributed by atoms with Crippen molar-refractivity contribution < 1.29 is 9.90 Å². The SMILES string of the molecule is CC(C)(C)CC(=O)Cc1cc(-c2nc3ccccc3s2)cc(Cl)c1O. The highest BCUT2D eigenvalue weighted by molar-refractivity contribution is 7.21. The second kappa shape index (κ2) is 6.77. The number of ketones is 1. The summed E-state index contributed by atoms with van der Waals surface area (Å²) in [5.74, 6) is 0.0640. The number of fused-ring (bicyclic) bond motifs is 1. The van der Waals surface area contributed by atoms with Crippen molar-refractivity contribution in [3.05, 3.63) is 47.0 Å². The highest BCUT2D eigenvalue weighted by Crippen LogP contribution is 2.37. The molecule has 0 saturated carbocycles. The molecule has 1 aromatic heterocycles. The Kier molecular flexibility index (Phi) is 4.85. The van der Waals surface area contributed by atoms with E-state index in [-0.39, 0.29) is 28.4 Å². The summed E-state index contributed by atoms with van der Waals surface area (Å²) in [6.45, 7) is 6.07. The van der Waals surface area contributed by atoms with E-state index in [9.17, 15) is 9.90 Å². The first-order chi connectivity index (χ1) is 11.7. The zero-order valence-electron chi connectivity index (χ0n) is 14.5. The molecule has 0 radical (unpaired) electrons. The van der Waals surface area contributed by atoms with Crippen molar-refractivity contribution in [2.45, 2.75) is 33.6 Å². The highest BCUT2D eigenvalue weighted by atomic mass is 35.5. The number of nitrogens with zero attached hydrogens (tertiary/aromatic N) is 1. The lowest BCUT2D eigenvalue weighted by atomic mass is 9.88. The van der Waals surface area contributed by atoms with Gasteiger partial charge >= 0.3 is 0 Å². The molecule has 0 aliphatic heterocycles. The van der Waals surface area contributed by atoms with E-state index in [2.05, 4.69) is 4.98 Å². The lowest BCUT2D eigenvalue weighted by Gasteiger charge is -2.17. The van der Waals surface area contributed by atoms with Crippen LogP contribution in [0.3, 0.4) is 0 Å². The summed E-state index contributed by atoms with van der Waals surface area (Å²) in [5.41, 5.74) is 2.22. The summed E-state index contributed by atoms with van der Waals surface area (Å²) < 4.78 is 1.09. The van der Waals surface area contributed by atoms with E-state index in [1.54, 1.807) is 17.4 Å². The number of rotatable bonds is 4. The smallest absolute Gasteiger partial charge is 0.137 e. The van der Waals surface area contributed by atoms with Crippen LogP contribution in [0.5, 0.6) is 5.75 Å².